The lowest BCUT2D eigenvalue weighted by Crippen LogP contribution is -2.20. The molecule has 0 aliphatic heterocycles. The summed E-state index contributed by atoms with van der Waals surface area (Å²) >= 11 is 3.44. The third kappa shape index (κ3) is 9.77. The number of rotatable bonds is 4. The van der Waals surface area contributed by atoms with Gasteiger partial charge in [-0.1, -0.05) is 12.6 Å². The number of hydrogen-bond acceptors (Lipinski definition) is 3. The zero-order valence-corrected chi connectivity index (χ0v) is 7.91. The quantitative estimate of drug-likeness (QED) is 0.495. The first-order valence-electron chi connectivity index (χ1n) is 3.06. The Balaban J connectivity index is 3.37. The van der Waals surface area contributed by atoms with E-state index < -0.39 is 15.1 Å². The highest BCUT2D eigenvalue weighted by Crippen LogP contribution is 1.87. The highest BCUT2D eigenvalue weighted by molar-refractivity contribution is 7.96. The third-order valence-electron chi connectivity index (χ3n) is 0.968. The van der Waals surface area contributed by atoms with Crippen LogP contribution in [0.15, 0.2) is 0 Å². The largest absolute Gasteiger partial charge is 0.347 e. The predicted octanol–water partition coefficient (Wildman–Crippen LogP) is 0.0605. The maximum absolute atomic E-state index is 10.5. The van der Waals surface area contributed by atoms with Crippen molar-refractivity contribution in [2.75, 3.05) is 18.6 Å². The van der Waals surface area contributed by atoms with Crippen LogP contribution in [0.2, 0.25) is 0 Å². The smallest absolute Gasteiger partial charge is 0.275 e. The van der Waals surface area contributed by atoms with Crippen LogP contribution < -0.4 is 5.32 Å². The fraction of sp³-hybridized carbons (Fsp3) is 0.800. The predicted molar refractivity (Wildman–Crippen MR) is 46.7 cm³/mol. The number of sulfone groups is 1. The molecule has 0 aromatic heterocycles. The summed E-state index contributed by atoms with van der Waals surface area (Å²) in [6, 6.07) is 0. The Kier molecular flexibility index (Phi) is 4.51. The molecule has 0 aliphatic carbocycles. The van der Waals surface area contributed by atoms with Crippen molar-refractivity contribution in [3.63, 3.8) is 0 Å². The lowest BCUT2D eigenvalue weighted by molar-refractivity contribution is 0.261. The number of hydrogen-bond donors (Lipinski definition) is 2. The van der Waals surface area contributed by atoms with Gasteiger partial charge >= 0.3 is 0 Å². The number of amides is 1. The monoisotopic (exact) mass is 197 g/mol. The van der Waals surface area contributed by atoms with Gasteiger partial charge in [0.2, 0.25) is 0 Å². The molecule has 0 saturated carbocycles. The summed E-state index contributed by atoms with van der Waals surface area (Å²) in [7, 11) is -2.90. The van der Waals surface area contributed by atoms with E-state index in [-0.39, 0.29) is 5.75 Å². The molecular formula is C5H11NO3S2. The van der Waals surface area contributed by atoms with Crippen molar-refractivity contribution in [2.24, 2.45) is 0 Å². The van der Waals surface area contributed by atoms with Gasteiger partial charge in [0.25, 0.3) is 5.24 Å². The van der Waals surface area contributed by atoms with E-state index in [1.165, 1.54) is 0 Å². The van der Waals surface area contributed by atoms with Crippen molar-refractivity contribution in [3.05, 3.63) is 0 Å². The van der Waals surface area contributed by atoms with Gasteiger partial charge in [-0.15, -0.1) is 0 Å². The summed E-state index contributed by atoms with van der Waals surface area (Å²) in [5, 5.41) is 1.95. The van der Waals surface area contributed by atoms with E-state index in [1.54, 1.807) is 0 Å². The zero-order valence-electron chi connectivity index (χ0n) is 6.20. The van der Waals surface area contributed by atoms with Gasteiger partial charge in [0.05, 0.1) is 5.75 Å². The number of thiol groups is 1. The van der Waals surface area contributed by atoms with Gasteiger partial charge in [-0.3, -0.25) is 4.79 Å². The van der Waals surface area contributed by atoms with Crippen molar-refractivity contribution in [1.29, 1.82) is 0 Å². The molecule has 0 saturated heterocycles. The Bertz CT molecular complexity index is 222. The summed E-state index contributed by atoms with van der Waals surface area (Å²) < 4.78 is 21.1. The summed E-state index contributed by atoms with van der Waals surface area (Å²) in [6.07, 6.45) is 1.60. The molecule has 11 heavy (non-hydrogen) atoms. The molecule has 6 heteroatoms. The number of carbonyl (C=O) groups is 1. The van der Waals surface area contributed by atoms with Gasteiger partial charge in [-0.05, 0) is 6.42 Å². The average molecular weight is 197 g/mol. The first-order valence-corrected chi connectivity index (χ1v) is 5.57. The maximum atomic E-state index is 10.5. The molecule has 0 radical (unpaired) electrons. The second kappa shape index (κ2) is 4.61. The standard InChI is InChI=1S/C5H11NO3S2/c1-11(8,9)4-2-3-6-5(7)10/h2-4H2,1H3,(H2,6,7,10). The SMILES string of the molecule is CS(=O)(=O)CCCNC(=O)S. The third-order valence-corrected chi connectivity index (χ3v) is 2.16. The molecule has 0 aromatic carbocycles. The topological polar surface area (TPSA) is 63.2 Å². The minimum absolute atomic E-state index is 0.0983. The average Bonchev–Trinajstić information content (AvgIpc) is 1.78. The van der Waals surface area contributed by atoms with Crippen molar-refractivity contribution < 1.29 is 13.2 Å². The van der Waals surface area contributed by atoms with E-state index in [0.717, 1.165) is 6.26 Å². The summed E-state index contributed by atoms with van der Waals surface area (Å²) in [4.78, 5) is 10.2. The van der Waals surface area contributed by atoms with Crippen molar-refractivity contribution >= 4 is 27.7 Å². The lowest BCUT2D eigenvalue weighted by atomic mass is 10.5. The maximum Gasteiger partial charge on any atom is 0.275 e. The zero-order chi connectivity index (χ0) is 8.91. The van der Waals surface area contributed by atoms with Gasteiger partial charge < -0.3 is 5.32 Å². The van der Waals surface area contributed by atoms with Crippen LogP contribution in [-0.4, -0.2) is 32.2 Å². The normalized spacial score (nSPS) is 11.1. The van der Waals surface area contributed by atoms with Gasteiger partial charge in [0.15, 0.2) is 0 Å². The molecule has 1 amide bonds. The second-order valence-corrected chi connectivity index (χ2v) is 4.88. The van der Waals surface area contributed by atoms with E-state index in [1.807, 2.05) is 0 Å². The highest BCUT2D eigenvalue weighted by Gasteiger charge is 2.00. The van der Waals surface area contributed by atoms with Crippen LogP contribution >= 0.6 is 12.6 Å². The lowest BCUT2D eigenvalue weighted by Gasteiger charge is -1.98. The van der Waals surface area contributed by atoms with Crippen LogP contribution in [0.4, 0.5) is 4.79 Å². The van der Waals surface area contributed by atoms with Crippen molar-refractivity contribution in [1.82, 2.24) is 5.32 Å². The van der Waals surface area contributed by atoms with Crippen molar-refractivity contribution in [3.8, 4) is 0 Å². The van der Waals surface area contributed by atoms with Gasteiger partial charge in [-0.25, -0.2) is 8.42 Å². The summed E-state index contributed by atoms with van der Waals surface area (Å²) in [6.45, 7) is 0.357. The molecule has 1 N–H and O–H groups in total. The van der Waals surface area contributed by atoms with Crippen LogP contribution in [0.25, 0.3) is 0 Å². The molecule has 0 aliphatic rings. The molecule has 0 spiro atoms. The summed E-state index contributed by atoms with van der Waals surface area (Å²) in [5.74, 6) is 0.0983. The first kappa shape index (κ1) is 10.8. The molecule has 0 atom stereocenters. The highest BCUT2D eigenvalue weighted by atomic mass is 32.2. The molecule has 0 aromatic rings. The number of carbonyl (C=O) groups excluding carboxylic acids is 1. The summed E-state index contributed by atoms with van der Waals surface area (Å²) in [5.41, 5.74) is 0. The van der Waals surface area contributed by atoms with Gasteiger partial charge in [0, 0.05) is 12.8 Å². The van der Waals surface area contributed by atoms with E-state index in [9.17, 15) is 13.2 Å². The van der Waals surface area contributed by atoms with Crippen LogP contribution in [0, 0.1) is 0 Å². The Hall–Kier alpha value is -0.230. The van der Waals surface area contributed by atoms with Crippen molar-refractivity contribution in [2.45, 2.75) is 6.42 Å². The fourth-order valence-electron chi connectivity index (χ4n) is 0.530. The first-order chi connectivity index (χ1) is 4.92. The van der Waals surface area contributed by atoms with E-state index in [4.69, 9.17) is 0 Å². The minimum atomic E-state index is -2.90. The Morgan fingerprint density at radius 1 is 1.55 bits per heavy atom. The minimum Gasteiger partial charge on any atom is -0.347 e. The molecular weight excluding hydrogens is 186 g/mol. The van der Waals surface area contributed by atoms with Crippen LogP contribution in [0.3, 0.4) is 0 Å². The molecule has 0 unspecified atom stereocenters. The number of nitrogens with one attached hydrogen (secondary N) is 1. The molecule has 66 valence electrons. The molecule has 0 heterocycles. The fourth-order valence-corrected chi connectivity index (χ4v) is 1.31. The second-order valence-electron chi connectivity index (χ2n) is 2.22. The van der Waals surface area contributed by atoms with Crippen LogP contribution in [-0.2, 0) is 9.84 Å². The van der Waals surface area contributed by atoms with Crippen LogP contribution in [0.1, 0.15) is 6.42 Å². The van der Waals surface area contributed by atoms with E-state index in [2.05, 4.69) is 17.9 Å². The van der Waals surface area contributed by atoms with E-state index >= 15 is 0 Å². The molecule has 0 fully saturated rings. The molecule has 0 bridgehead atoms. The van der Waals surface area contributed by atoms with E-state index in [0.29, 0.717) is 13.0 Å². The molecule has 4 nitrogen and oxygen atoms in total. The van der Waals surface area contributed by atoms with Gasteiger partial charge in [-0.2, -0.15) is 0 Å². The Morgan fingerprint density at radius 2 is 2.09 bits per heavy atom. The van der Waals surface area contributed by atoms with Gasteiger partial charge in [0.1, 0.15) is 9.84 Å². The Morgan fingerprint density at radius 3 is 2.45 bits per heavy atom. The molecule has 0 rings (SSSR count). The Labute approximate surface area is 71.7 Å². The van der Waals surface area contributed by atoms with Crippen LogP contribution in [0.5, 0.6) is 0 Å².